The van der Waals surface area contributed by atoms with Gasteiger partial charge in [0.2, 0.25) is 0 Å². The molecule has 0 spiro atoms. The molecule has 4 rings (SSSR count). The standard InChI is InChI=1S/C28H30N2O4.ClH/c1-3-33-28(32)27-20(2)30(22-12-8-5-9-13-22)26-15-14-24(16-25(26)27)34-19-23(31)18-29-17-21-10-6-4-7-11-21;/h4-16,23,29,31H,3,17-19H2,1-2H3;1H. The van der Waals surface area contributed by atoms with Crippen molar-refractivity contribution in [2.24, 2.45) is 0 Å². The zero-order chi connectivity index (χ0) is 23.9. The van der Waals surface area contributed by atoms with Gasteiger partial charge in [0, 0.05) is 29.9 Å². The third-order valence-electron chi connectivity index (χ3n) is 5.66. The molecular formula is C28H31ClN2O4. The van der Waals surface area contributed by atoms with Gasteiger partial charge in [-0.2, -0.15) is 0 Å². The molecule has 0 saturated carbocycles. The molecule has 0 aliphatic rings. The fraction of sp³-hybridized carbons (Fsp3) is 0.250. The maximum Gasteiger partial charge on any atom is 0.340 e. The fourth-order valence-corrected chi connectivity index (χ4v) is 4.09. The van der Waals surface area contributed by atoms with E-state index in [-0.39, 0.29) is 25.0 Å². The predicted molar refractivity (Wildman–Crippen MR) is 141 cm³/mol. The van der Waals surface area contributed by atoms with Gasteiger partial charge < -0.3 is 24.5 Å². The minimum Gasteiger partial charge on any atom is -0.491 e. The molecule has 0 radical (unpaired) electrons. The summed E-state index contributed by atoms with van der Waals surface area (Å²) in [6.07, 6.45) is -0.667. The van der Waals surface area contributed by atoms with E-state index >= 15 is 0 Å². The van der Waals surface area contributed by atoms with Crippen molar-refractivity contribution in [1.29, 1.82) is 0 Å². The van der Waals surface area contributed by atoms with E-state index in [1.165, 1.54) is 0 Å². The number of aliphatic hydroxyl groups excluding tert-OH is 1. The number of carbonyl (C=O) groups excluding carboxylic acids is 1. The first-order valence-electron chi connectivity index (χ1n) is 11.5. The summed E-state index contributed by atoms with van der Waals surface area (Å²) in [5.74, 6) is 0.229. The van der Waals surface area contributed by atoms with Gasteiger partial charge in [-0.1, -0.05) is 48.5 Å². The third kappa shape index (κ3) is 6.22. The molecule has 1 aromatic heterocycles. The maximum atomic E-state index is 12.8. The molecule has 0 fully saturated rings. The molecule has 4 aromatic rings. The first-order valence-corrected chi connectivity index (χ1v) is 11.5. The van der Waals surface area contributed by atoms with Crippen LogP contribution in [0.4, 0.5) is 0 Å². The lowest BCUT2D eigenvalue weighted by Gasteiger charge is -2.14. The van der Waals surface area contributed by atoms with Crippen molar-refractivity contribution < 1.29 is 19.4 Å². The molecule has 0 saturated heterocycles. The SMILES string of the molecule is CCOC(=O)c1c(C)n(-c2ccccc2)c2ccc(OCC(O)CNCc3ccccc3)cc12.Cl. The van der Waals surface area contributed by atoms with Crippen molar-refractivity contribution in [3.8, 4) is 11.4 Å². The predicted octanol–water partition coefficient (Wildman–Crippen LogP) is 5.07. The Hall–Kier alpha value is -3.32. The van der Waals surface area contributed by atoms with Crippen LogP contribution in [0.25, 0.3) is 16.6 Å². The molecule has 0 aliphatic heterocycles. The van der Waals surface area contributed by atoms with Gasteiger partial charge >= 0.3 is 5.97 Å². The molecule has 184 valence electrons. The molecule has 7 heteroatoms. The second kappa shape index (κ2) is 12.4. The number of fused-ring (bicyclic) bond motifs is 1. The van der Waals surface area contributed by atoms with Gasteiger partial charge in [0.15, 0.2) is 0 Å². The van der Waals surface area contributed by atoms with E-state index in [1.807, 2.05) is 90.4 Å². The minimum atomic E-state index is -0.667. The molecule has 0 amide bonds. The van der Waals surface area contributed by atoms with Crippen molar-refractivity contribution in [3.63, 3.8) is 0 Å². The first-order chi connectivity index (χ1) is 16.6. The number of halogens is 1. The largest absolute Gasteiger partial charge is 0.491 e. The second-order valence-electron chi connectivity index (χ2n) is 8.11. The Morgan fingerprint density at radius 2 is 1.71 bits per heavy atom. The van der Waals surface area contributed by atoms with Crippen molar-refractivity contribution in [3.05, 3.63) is 95.7 Å². The zero-order valence-corrected chi connectivity index (χ0v) is 20.8. The minimum absolute atomic E-state index is 0. The number of para-hydroxylation sites is 1. The lowest BCUT2D eigenvalue weighted by atomic mass is 10.1. The van der Waals surface area contributed by atoms with Crippen LogP contribution in [0.5, 0.6) is 5.75 Å². The molecule has 2 N–H and O–H groups in total. The summed E-state index contributed by atoms with van der Waals surface area (Å²) in [6, 6.07) is 25.6. The van der Waals surface area contributed by atoms with E-state index < -0.39 is 6.10 Å². The van der Waals surface area contributed by atoms with Crippen LogP contribution in [0.1, 0.15) is 28.5 Å². The summed E-state index contributed by atoms with van der Waals surface area (Å²) in [6.45, 7) is 5.25. The lowest BCUT2D eigenvalue weighted by Crippen LogP contribution is -2.31. The first kappa shape index (κ1) is 26.3. The number of nitrogens with one attached hydrogen (secondary N) is 1. The highest BCUT2D eigenvalue weighted by Gasteiger charge is 2.22. The summed E-state index contributed by atoms with van der Waals surface area (Å²) in [5, 5.41) is 14.3. The summed E-state index contributed by atoms with van der Waals surface area (Å²) >= 11 is 0. The number of hydrogen-bond donors (Lipinski definition) is 2. The second-order valence-corrected chi connectivity index (χ2v) is 8.11. The average molecular weight is 495 g/mol. The molecular weight excluding hydrogens is 464 g/mol. The molecule has 3 aromatic carbocycles. The number of ether oxygens (including phenoxy) is 2. The number of rotatable bonds is 10. The summed E-state index contributed by atoms with van der Waals surface area (Å²) in [7, 11) is 0. The summed E-state index contributed by atoms with van der Waals surface area (Å²) in [5.41, 5.74) is 4.35. The van der Waals surface area contributed by atoms with E-state index in [9.17, 15) is 9.90 Å². The van der Waals surface area contributed by atoms with Crippen LogP contribution in [-0.4, -0.2) is 41.5 Å². The normalized spacial score (nSPS) is 11.6. The number of aliphatic hydroxyl groups is 1. The van der Waals surface area contributed by atoms with Crippen molar-refractivity contribution >= 4 is 29.3 Å². The highest BCUT2D eigenvalue weighted by Crippen LogP contribution is 2.32. The van der Waals surface area contributed by atoms with Gasteiger partial charge in [0.05, 0.1) is 17.7 Å². The van der Waals surface area contributed by atoms with Crippen LogP contribution in [0.3, 0.4) is 0 Å². The van der Waals surface area contributed by atoms with Crippen LogP contribution < -0.4 is 10.1 Å². The highest BCUT2D eigenvalue weighted by molar-refractivity contribution is 6.07. The summed E-state index contributed by atoms with van der Waals surface area (Å²) in [4.78, 5) is 12.8. The quantitative estimate of drug-likeness (QED) is 0.301. The van der Waals surface area contributed by atoms with Gasteiger partial charge in [-0.3, -0.25) is 0 Å². The van der Waals surface area contributed by atoms with Gasteiger partial charge in [0.1, 0.15) is 18.5 Å². The van der Waals surface area contributed by atoms with E-state index in [1.54, 1.807) is 6.92 Å². The monoisotopic (exact) mass is 494 g/mol. The van der Waals surface area contributed by atoms with Crippen LogP contribution >= 0.6 is 12.4 Å². The Labute approximate surface area is 211 Å². The fourth-order valence-electron chi connectivity index (χ4n) is 4.09. The van der Waals surface area contributed by atoms with E-state index in [0.717, 1.165) is 27.8 Å². The molecule has 1 unspecified atom stereocenters. The number of hydrogen-bond acceptors (Lipinski definition) is 5. The van der Waals surface area contributed by atoms with E-state index in [0.29, 0.717) is 31.0 Å². The van der Waals surface area contributed by atoms with Crippen molar-refractivity contribution in [2.45, 2.75) is 26.5 Å². The Kier molecular flexibility index (Phi) is 9.32. The Morgan fingerprint density at radius 1 is 1.03 bits per heavy atom. The zero-order valence-electron chi connectivity index (χ0n) is 19.9. The number of aromatic nitrogens is 1. The van der Waals surface area contributed by atoms with Crippen LogP contribution in [-0.2, 0) is 11.3 Å². The van der Waals surface area contributed by atoms with Gasteiger partial charge in [-0.05, 0) is 49.7 Å². The van der Waals surface area contributed by atoms with Crippen molar-refractivity contribution in [1.82, 2.24) is 9.88 Å². The number of nitrogens with zero attached hydrogens (tertiary/aromatic N) is 1. The molecule has 0 aliphatic carbocycles. The van der Waals surface area contributed by atoms with Gasteiger partial charge in [-0.25, -0.2) is 4.79 Å². The van der Waals surface area contributed by atoms with Crippen LogP contribution in [0.15, 0.2) is 78.9 Å². The highest BCUT2D eigenvalue weighted by atomic mass is 35.5. The molecule has 1 heterocycles. The van der Waals surface area contributed by atoms with Crippen LogP contribution in [0, 0.1) is 6.92 Å². The average Bonchev–Trinajstić information content (AvgIpc) is 3.15. The third-order valence-corrected chi connectivity index (χ3v) is 5.66. The van der Waals surface area contributed by atoms with Crippen molar-refractivity contribution in [2.75, 3.05) is 19.8 Å². The Balaban J connectivity index is 0.00000342. The molecule has 35 heavy (non-hydrogen) atoms. The number of esters is 1. The molecule has 0 bridgehead atoms. The number of benzene rings is 3. The van der Waals surface area contributed by atoms with E-state index in [4.69, 9.17) is 9.47 Å². The molecule has 1 atom stereocenters. The lowest BCUT2D eigenvalue weighted by molar-refractivity contribution is 0.0527. The topological polar surface area (TPSA) is 72.7 Å². The number of carbonyl (C=O) groups is 1. The van der Waals surface area contributed by atoms with Gasteiger partial charge in [-0.15, -0.1) is 12.4 Å². The maximum absolute atomic E-state index is 12.8. The van der Waals surface area contributed by atoms with Crippen LogP contribution in [0.2, 0.25) is 0 Å². The molecule has 6 nitrogen and oxygen atoms in total. The Morgan fingerprint density at radius 3 is 2.40 bits per heavy atom. The van der Waals surface area contributed by atoms with E-state index in [2.05, 4.69) is 5.32 Å². The Bertz CT molecular complexity index is 1240. The van der Waals surface area contributed by atoms with Gasteiger partial charge in [0.25, 0.3) is 0 Å². The smallest absolute Gasteiger partial charge is 0.340 e. The summed E-state index contributed by atoms with van der Waals surface area (Å²) < 4.78 is 13.3.